The minimum atomic E-state index is -3.94. The van der Waals surface area contributed by atoms with Gasteiger partial charge < -0.3 is 9.73 Å². The standard InChI is InChI=1S/C28H23Cl3N4O5S/c1-18-14-22(31)8-13-26(18)33-27(36)28(37)34-32-15-23-9-10-24(40-23)17-35(16-19-2-4-20(29)5-3-19)41(38,39)25-11-6-21(30)7-12-25/h2-15H,16-17H2,1H3,(H,33,36)(H,34,37)/b32-15+. The van der Waals surface area contributed by atoms with Gasteiger partial charge in [0.15, 0.2) is 0 Å². The summed E-state index contributed by atoms with van der Waals surface area (Å²) in [4.78, 5) is 24.4. The van der Waals surface area contributed by atoms with Crippen molar-refractivity contribution in [3.8, 4) is 0 Å². The van der Waals surface area contributed by atoms with E-state index in [2.05, 4.69) is 15.8 Å². The number of hydrogen-bond donors (Lipinski definition) is 2. The van der Waals surface area contributed by atoms with Crippen molar-refractivity contribution in [2.45, 2.75) is 24.9 Å². The Balaban J connectivity index is 1.44. The molecule has 0 saturated heterocycles. The smallest absolute Gasteiger partial charge is 0.329 e. The Kier molecular flexibility index (Phi) is 9.85. The van der Waals surface area contributed by atoms with E-state index in [1.54, 1.807) is 61.5 Å². The molecule has 41 heavy (non-hydrogen) atoms. The molecule has 0 aliphatic carbocycles. The number of aryl methyl sites for hydroxylation is 1. The topological polar surface area (TPSA) is 121 Å². The van der Waals surface area contributed by atoms with Crippen molar-refractivity contribution in [2.24, 2.45) is 5.10 Å². The van der Waals surface area contributed by atoms with Gasteiger partial charge in [-0.1, -0.05) is 46.9 Å². The first-order valence-electron chi connectivity index (χ1n) is 12.0. The number of nitrogens with one attached hydrogen (secondary N) is 2. The number of rotatable bonds is 9. The van der Waals surface area contributed by atoms with Crippen LogP contribution >= 0.6 is 34.8 Å². The second-order valence-electron chi connectivity index (χ2n) is 8.77. The lowest BCUT2D eigenvalue weighted by Crippen LogP contribution is -2.32. The summed E-state index contributed by atoms with van der Waals surface area (Å²) in [5.74, 6) is -1.37. The van der Waals surface area contributed by atoms with Crippen LogP contribution < -0.4 is 10.7 Å². The Bertz CT molecular complexity index is 1690. The predicted molar refractivity (Wildman–Crippen MR) is 159 cm³/mol. The molecule has 4 aromatic rings. The number of carbonyl (C=O) groups is 2. The van der Waals surface area contributed by atoms with Crippen LogP contribution in [0, 0.1) is 6.92 Å². The van der Waals surface area contributed by atoms with Crippen LogP contribution in [0.3, 0.4) is 0 Å². The molecule has 1 aromatic heterocycles. The van der Waals surface area contributed by atoms with Crippen LogP contribution in [0.15, 0.2) is 93.3 Å². The third-order valence-electron chi connectivity index (χ3n) is 5.74. The molecule has 212 valence electrons. The fraction of sp³-hybridized carbons (Fsp3) is 0.107. The molecule has 1 heterocycles. The third kappa shape index (κ3) is 8.18. The minimum absolute atomic E-state index is 0.0461. The van der Waals surface area contributed by atoms with Crippen molar-refractivity contribution >= 4 is 68.5 Å². The van der Waals surface area contributed by atoms with Gasteiger partial charge in [0.2, 0.25) is 10.0 Å². The highest BCUT2D eigenvalue weighted by atomic mass is 35.5. The lowest BCUT2D eigenvalue weighted by atomic mass is 10.2. The van der Waals surface area contributed by atoms with Crippen LogP contribution in [0.1, 0.15) is 22.6 Å². The van der Waals surface area contributed by atoms with Crippen LogP contribution in [0.4, 0.5) is 5.69 Å². The third-order valence-corrected chi connectivity index (χ3v) is 8.28. The Morgan fingerprint density at radius 3 is 2.15 bits per heavy atom. The Morgan fingerprint density at radius 1 is 0.854 bits per heavy atom. The summed E-state index contributed by atoms with van der Waals surface area (Å²) in [6.45, 7) is 1.69. The number of hydrogen-bond acceptors (Lipinski definition) is 6. The highest BCUT2D eigenvalue weighted by molar-refractivity contribution is 7.89. The molecule has 2 N–H and O–H groups in total. The van der Waals surface area contributed by atoms with Crippen molar-refractivity contribution in [1.82, 2.24) is 9.73 Å². The number of furan rings is 1. The summed E-state index contributed by atoms with van der Waals surface area (Å²) in [7, 11) is -3.94. The van der Waals surface area contributed by atoms with Gasteiger partial charge in [-0.05, 0) is 84.8 Å². The summed E-state index contributed by atoms with van der Waals surface area (Å²) in [6, 6.07) is 20.7. The Labute approximate surface area is 251 Å². The fourth-order valence-electron chi connectivity index (χ4n) is 3.65. The predicted octanol–water partition coefficient (Wildman–Crippen LogP) is 6.03. The quantitative estimate of drug-likeness (QED) is 0.133. The zero-order valence-corrected chi connectivity index (χ0v) is 24.6. The lowest BCUT2D eigenvalue weighted by molar-refractivity contribution is -0.136. The Hall–Kier alpha value is -3.67. The normalized spacial score (nSPS) is 11.6. The van der Waals surface area contributed by atoms with E-state index >= 15 is 0 Å². The molecule has 0 spiro atoms. The molecule has 0 aliphatic heterocycles. The first kappa shape index (κ1) is 30.3. The number of benzene rings is 3. The number of anilines is 1. The van der Waals surface area contributed by atoms with Gasteiger partial charge in [0.05, 0.1) is 17.7 Å². The number of hydrazone groups is 1. The van der Waals surface area contributed by atoms with Crippen LogP contribution in [0.25, 0.3) is 0 Å². The van der Waals surface area contributed by atoms with Crippen LogP contribution in [-0.2, 0) is 32.7 Å². The van der Waals surface area contributed by atoms with Crippen molar-refractivity contribution in [3.05, 3.63) is 117 Å². The first-order valence-corrected chi connectivity index (χ1v) is 14.6. The van der Waals surface area contributed by atoms with E-state index in [1.165, 1.54) is 34.8 Å². The molecule has 0 aliphatic rings. The number of nitrogens with zero attached hydrogens (tertiary/aromatic N) is 2. The molecule has 4 rings (SSSR count). The molecule has 13 heteroatoms. The summed E-state index contributed by atoms with van der Waals surface area (Å²) in [5, 5.41) is 7.68. The van der Waals surface area contributed by atoms with E-state index in [9.17, 15) is 18.0 Å². The van der Waals surface area contributed by atoms with E-state index in [0.717, 1.165) is 5.56 Å². The maximum absolute atomic E-state index is 13.5. The second kappa shape index (κ2) is 13.3. The summed E-state index contributed by atoms with van der Waals surface area (Å²) in [5.41, 5.74) is 3.97. The van der Waals surface area contributed by atoms with E-state index < -0.39 is 21.8 Å². The van der Waals surface area contributed by atoms with Crippen LogP contribution in [-0.4, -0.2) is 30.8 Å². The van der Waals surface area contributed by atoms with Gasteiger partial charge in [0.1, 0.15) is 11.5 Å². The molecule has 0 atom stereocenters. The summed E-state index contributed by atoms with van der Waals surface area (Å²) >= 11 is 17.8. The van der Waals surface area contributed by atoms with Crippen LogP contribution in [0.5, 0.6) is 0 Å². The molecule has 0 unspecified atom stereocenters. The van der Waals surface area contributed by atoms with Gasteiger partial charge in [0, 0.05) is 27.3 Å². The van der Waals surface area contributed by atoms with E-state index in [4.69, 9.17) is 39.2 Å². The fourth-order valence-corrected chi connectivity index (χ4v) is 5.52. The molecular weight excluding hydrogens is 611 g/mol. The molecule has 0 bridgehead atoms. The van der Waals surface area contributed by atoms with E-state index in [1.807, 2.05) is 0 Å². The maximum Gasteiger partial charge on any atom is 0.329 e. The molecule has 3 aromatic carbocycles. The van der Waals surface area contributed by atoms with E-state index in [-0.39, 0.29) is 23.7 Å². The number of carbonyl (C=O) groups excluding carboxylic acids is 2. The number of amides is 2. The summed E-state index contributed by atoms with van der Waals surface area (Å²) in [6.07, 6.45) is 1.19. The van der Waals surface area contributed by atoms with Gasteiger partial charge in [0.25, 0.3) is 0 Å². The molecule has 0 radical (unpaired) electrons. The van der Waals surface area contributed by atoms with Crippen molar-refractivity contribution < 1.29 is 22.4 Å². The van der Waals surface area contributed by atoms with Gasteiger partial charge in [-0.25, -0.2) is 13.8 Å². The van der Waals surface area contributed by atoms with E-state index in [0.29, 0.717) is 32.1 Å². The second-order valence-corrected chi connectivity index (χ2v) is 12.0. The zero-order valence-electron chi connectivity index (χ0n) is 21.5. The monoisotopic (exact) mass is 632 g/mol. The van der Waals surface area contributed by atoms with Gasteiger partial charge >= 0.3 is 11.8 Å². The van der Waals surface area contributed by atoms with Gasteiger partial charge in [-0.3, -0.25) is 9.59 Å². The van der Waals surface area contributed by atoms with Gasteiger partial charge in [-0.2, -0.15) is 9.41 Å². The van der Waals surface area contributed by atoms with Crippen molar-refractivity contribution in [2.75, 3.05) is 5.32 Å². The minimum Gasteiger partial charge on any atom is -0.459 e. The summed E-state index contributed by atoms with van der Waals surface area (Å²) < 4.78 is 34.0. The Morgan fingerprint density at radius 2 is 1.49 bits per heavy atom. The lowest BCUT2D eigenvalue weighted by Gasteiger charge is -2.21. The van der Waals surface area contributed by atoms with Crippen LogP contribution in [0.2, 0.25) is 15.1 Å². The molecule has 9 nitrogen and oxygen atoms in total. The highest BCUT2D eigenvalue weighted by Gasteiger charge is 2.26. The maximum atomic E-state index is 13.5. The zero-order chi connectivity index (χ0) is 29.6. The molecule has 0 fully saturated rings. The van der Waals surface area contributed by atoms with Crippen molar-refractivity contribution in [3.63, 3.8) is 0 Å². The van der Waals surface area contributed by atoms with Crippen molar-refractivity contribution in [1.29, 1.82) is 0 Å². The molecule has 2 amide bonds. The first-order chi connectivity index (χ1) is 19.5. The largest absolute Gasteiger partial charge is 0.459 e. The average molecular weight is 634 g/mol. The molecular formula is C28H23Cl3N4O5S. The highest BCUT2D eigenvalue weighted by Crippen LogP contribution is 2.24. The van der Waals surface area contributed by atoms with Gasteiger partial charge in [-0.15, -0.1) is 0 Å². The number of halogens is 3. The average Bonchev–Trinajstić information content (AvgIpc) is 3.38. The number of sulfonamides is 1. The molecule has 0 saturated carbocycles. The SMILES string of the molecule is Cc1cc(Cl)ccc1NC(=O)C(=O)N/N=C/c1ccc(CN(Cc2ccc(Cl)cc2)S(=O)(=O)c2ccc(Cl)cc2)o1.